The largest absolute Gasteiger partial charge is 0.508 e. The number of esters is 3. The molecule has 0 aliphatic carbocycles. The number of ether oxygens (including phenoxy) is 11. The van der Waals surface area contributed by atoms with Crippen molar-refractivity contribution >= 4 is 54.1 Å². The fourth-order valence-electron chi connectivity index (χ4n) is 2.84. The molecule has 0 rings (SSSR count). The normalized spacial score (nSPS) is 14.3. The van der Waals surface area contributed by atoms with E-state index >= 15 is 0 Å². The van der Waals surface area contributed by atoms with Crippen molar-refractivity contribution in [3.8, 4) is 0 Å². The third kappa shape index (κ3) is 46.2. The van der Waals surface area contributed by atoms with E-state index < -0.39 is 73.2 Å². The summed E-state index contributed by atoms with van der Waals surface area (Å²) in [6.45, 7) is 13.2. The summed E-state index contributed by atoms with van der Waals surface area (Å²) < 4.78 is 51.8. The molecule has 8 atom stereocenters. The van der Waals surface area contributed by atoms with E-state index in [1.54, 1.807) is 6.92 Å². The quantitative estimate of drug-likeness (QED) is 0.0615. The van der Waals surface area contributed by atoms with Gasteiger partial charge in [-0.2, -0.15) is 0 Å². The Hall–Kier alpha value is -4.38. The van der Waals surface area contributed by atoms with Gasteiger partial charge in [0.05, 0.1) is 50.5 Å². The van der Waals surface area contributed by atoms with Gasteiger partial charge in [-0.05, 0) is 41.5 Å². The number of rotatable bonds is 24. The maximum atomic E-state index is 11.6. The van der Waals surface area contributed by atoms with Gasteiger partial charge < -0.3 is 72.5 Å². The van der Waals surface area contributed by atoms with Crippen LogP contribution in [0.15, 0.2) is 0 Å². The molecular formula is C36H63ClO22. The van der Waals surface area contributed by atoms with Crippen molar-refractivity contribution < 1.29 is 106 Å². The lowest BCUT2D eigenvalue weighted by atomic mass is 10.2. The summed E-state index contributed by atoms with van der Waals surface area (Å²) in [7, 11) is 0. The lowest BCUT2D eigenvalue weighted by Crippen LogP contribution is -2.25. The van der Waals surface area contributed by atoms with Crippen LogP contribution in [0.1, 0.15) is 75.2 Å². The van der Waals surface area contributed by atoms with Gasteiger partial charge in [-0.15, -0.1) is 11.6 Å². The molecule has 346 valence electrons. The van der Waals surface area contributed by atoms with Gasteiger partial charge in [0.25, 0.3) is 0 Å². The molecule has 59 heavy (non-hydrogen) atoms. The number of aliphatic hydroxyl groups is 4. The number of hydrogen-bond donors (Lipinski definition) is 4. The molecular weight excluding hydrogens is 820 g/mol. The number of aliphatic hydroxyl groups excluding tert-OH is 4. The molecule has 0 aliphatic rings. The topological polar surface area (TPSA) is 302 Å². The summed E-state index contributed by atoms with van der Waals surface area (Å²) in [6.07, 6.45) is -8.75. The Morgan fingerprint density at radius 1 is 0.407 bits per heavy atom. The molecule has 8 unspecified atom stereocenters. The fourth-order valence-corrected chi connectivity index (χ4v) is 2.93. The zero-order valence-electron chi connectivity index (χ0n) is 35.1. The second-order valence-electron chi connectivity index (χ2n) is 13.2. The van der Waals surface area contributed by atoms with Crippen LogP contribution >= 0.6 is 11.6 Å². The predicted octanol–water partition coefficient (Wildman–Crippen LogP) is 2.81. The van der Waals surface area contributed by atoms with Crippen molar-refractivity contribution in [3.63, 3.8) is 0 Å². The molecule has 0 spiro atoms. The highest BCUT2D eigenvalue weighted by molar-refractivity contribution is 6.18. The van der Waals surface area contributed by atoms with Crippen molar-refractivity contribution in [2.24, 2.45) is 11.8 Å². The average molecular weight is 883 g/mol. The minimum absolute atomic E-state index is 0.0475. The van der Waals surface area contributed by atoms with Gasteiger partial charge in [0, 0.05) is 24.6 Å². The molecule has 0 heterocycles. The number of carbonyl (C=O) groups excluding carboxylic acids is 7. The maximum Gasteiger partial charge on any atom is 0.508 e. The van der Waals surface area contributed by atoms with Gasteiger partial charge in [-0.1, -0.05) is 13.8 Å². The van der Waals surface area contributed by atoms with Crippen molar-refractivity contribution in [2.75, 3.05) is 65.3 Å². The van der Waals surface area contributed by atoms with E-state index in [9.17, 15) is 33.6 Å². The van der Waals surface area contributed by atoms with E-state index in [-0.39, 0.29) is 90.1 Å². The van der Waals surface area contributed by atoms with Gasteiger partial charge in [0.2, 0.25) is 0 Å². The molecule has 0 amide bonds. The van der Waals surface area contributed by atoms with Crippen LogP contribution in [-0.4, -0.2) is 165 Å². The molecule has 23 heteroatoms. The number of carbonyl (C=O) groups is 7. The molecule has 0 aromatic heterocycles. The molecule has 0 fully saturated rings. The smallest absolute Gasteiger partial charge is 0.465 e. The highest BCUT2D eigenvalue weighted by Crippen LogP contribution is 2.04. The van der Waals surface area contributed by atoms with E-state index in [0.717, 1.165) is 0 Å². The lowest BCUT2D eigenvalue weighted by molar-refractivity contribution is -0.153. The second kappa shape index (κ2) is 36.7. The first-order valence-corrected chi connectivity index (χ1v) is 19.0. The first-order chi connectivity index (χ1) is 27.5. The van der Waals surface area contributed by atoms with Crippen LogP contribution in [0.2, 0.25) is 0 Å². The average Bonchev–Trinajstić information content (AvgIpc) is 3.15. The lowest BCUT2D eigenvalue weighted by Gasteiger charge is -2.15. The third-order valence-corrected chi connectivity index (χ3v) is 6.19. The van der Waals surface area contributed by atoms with Crippen LogP contribution in [0.3, 0.4) is 0 Å². The number of hydrogen-bond acceptors (Lipinski definition) is 22. The zero-order valence-corrected chi connectivity index (χ0v) is 35.9. The summed E-state index contributed by atoms with van der Waals surface area (Å²) >= 11 is 5.49. The molecule has 0 radical (unpaired) electrons. The molecule has 0 saturated carbocycles. The van der Waals surface area contributed by atoms with E-state index in [1.165, 1.54) is 48.5 Å². The molecule has 0 aromatic carbocycles. The Morgan fingerprint density at radius 2 is 0.695 bits per heavy atom. The molecule has 0 saturated heterocycles. The molecule has 0 aromatic rings. The Balaban J connectivity index is -0.000000901. The summed E-state index contributed by atoms with van der Waals surface area (Å²) in [5.41, 5.74) is 0. The Kier molecular flexibility index (Phi) is 36.6. The van der Waals surface area contributed by atoms with Crippen LogP contribution < -0.4 is 0 Å². The van der Waals surface area contributed by atoms with Crippen molar-refractivity contribution in [2.45, 2.75) is 112 Å². The summed E-state index contributed by atoms with van der Waals surface area (Å²) in [6, 6.07) is 0. The highest BCUT2D eigenvalue weighted by Gasteiger charge is 2.18. The number of halogens is 1. The molecule has 0 aliphatic heterocycles. The van der Waals surface area contributed by atoms with Crippen LogP contribution in [0.25, 0.3) is 0 Å². The molecule has 0 bridgehead atoms. The van der Waals surface area contributed by atoms with Crippen LogP contribution in [0.4, 0.5) is 19.2 Å². The number of alkyl halides is 1. The molecule has 22 nitrogen and oxygen atoms in total. The first kappa shape index (κ1) is 58.9. The minimum atomic E-state index is -1.01. The highest BCUT2D eigenvalue weighted by atomic mass is 35.5. The monoisotopic (exact) mass is 882 g/mol. The Labute approximate surface area is 348 Å². The third-order valence-electron chi connectivity index (χ3n) is 5.66. The van der Waals surface area contributed by atoms with Gasteiger partial charge >= 0.3 is 42.5 Å². The van der Waals surface area contributed by atoms with Gasteiger partial charge in [-0.25, -0.2) is 19.2 Å². The maximum absolute atomic E-state index is 11.6. The fraction of sp³-hybridized carbons (Fsp3) is 0.806. The Morgan fingerprint density at radius 3 is 1.00 bits per heavy atom. The zero-order chi connectivity index (χ0) is 45.9. The minimum Gasteiger partial charge on any atom is -0.465 e. The summed E-state index contributed by atoms with van der Waals surface area (Å²) in [5.74, 6) is -1.33. The van der Waals surface area contributed by atoms with Gasteiger partial charge in [0.15, 0.2) is 0 Å². The summed E-state index contributed by atoms with van der Waals surface area (Å²) in [4.78, 5) is 78.0. The van der Waals surface area contributed by atoms with Crippen molar-refractivity contribution in [1.82, 2.24) is 0 Å². The van der Waals surface area contributed by atoms with Crippen LogP contribution in [-0.2, 0) is 66.5 Å². The standard InChI is InChI=1S/C18H30O12.C10H18O6.C8H15ClO4/c1-11(19)7-27-17(23)29-13(3)9-25-15(21)5-6-16(22)26-10-14(4)30-18(24)28-8-12(2)20;1-7(4-14-9(3)12)5-15-10(13)16-6-8(2)11;1-6(3-9)4-12-8(11)13-5-7(2)10/h11-14,19-20H,5-10H2,1-4H3;7-8,11H,4-6H2,1-3H3;6-7,10H,3-5H2,1-2H3. The SMILES string of the molecule is CC(=O)OCC(C)COC(=O)OCC(C)O.CC(O)COC(=O)OC(C)COC(=O)CCC(=O)OCC(C)OC(=O)OCC(C)O.CC(O)COC(=O)OCC(C)CCl. The van der Waals surface area contributed by atoms with E-state index in [1.807, 2.05) is 6.92 Å². The first-order valence-electron chi connectivity index (χ1n) is 18.5. The van der Waals surface area contributed by atoms with Gasteiger partial charge in [-0.3, -0.25) is 14.4 Å². The van der Waals surface area contributed by atoms with E-state index in [0.29, 0.717) is 5.88 Å². The Bertz CT molecular complexity index is 1130. The molecule has 4 N–H and O–H groups in total. The summed E-state index contributed by atoms with van der Waals surface area (Å²) in [5, 5.41) is 35.6. The second-order valence-corrected chi connectivity index (χ2v) is 13.5. The van der Waals surface area contributed by atoms with Crippen molar-refractivity contribution in [3.05, 3.63) is 0 Å². The predicted molar refractivity (Wildman–Crippen MR) is 202 cm³/mol. The van der Waals surface area contributed by atoms with Crippen molar-refractivity contribution in [1.29, 1.82) is 0 Å². The van der Waals surface area contributed by atoms with Crippen LogP contribution in [0, 0.1) is 11.8 Å². The van der Waals surface area contributed by atoms with Gasteiger partial charge in [0.1, 0.15) is 58.5 Å². The van der Waals surface area contributed by atoms with E-state index in [4.69, 9.17) is 60.4 Å². The van der Waals surface area contributed by atoms with Crippen LogP contribution in [0.5, 0.6) is 0 Å². The van der Waals surface area contributed by atoms with E-state index in [2.05, 4.69) is 23.7 Å².